The lowest BCUT2D eigenvalue weighted by molar-refractivity contribution is -0.144. The number of aryl methyl sites for hydroxylation is 1. The van der Waals surface area contributed by atoms with Gasteiger partial charge in [0, 0.05) is 18.6 Å². The molecule has 3 atom stereocenters. The molecule has 0 aromatic heterocycles. The van der Waals surface area contributed by atoms with Gasteiger partial charge in [0.2, 0.25) is 0 Å². The number of carbonyl (C=O) groups is 1. The Hall–Kier alpha value is -1.55. The minimum absolute atomic E-state index is 0.00378. The van der Waals surface area contributed by atoms with Gasteiger partial charge < -0.3 is 14.2 Å². The molecule has 0 spiro atoms. The molecule has 0 N–H and O–H groups in total. The van der Waals surface area contributed by atoms with Crippen LogP contribution in [0.3, 0.4) is 0 Å². The average Bonchev–Trinajstić information content (AvgIpc) is 2.79. The van der Waals surface area contributed by atoms with Crippen LogP contribution >= 0.6 is 0 Å². The van der Waals surface area contributed by atoms with Crippen molar-refractivity contribution in [1.29, 1.82) is 0 Å². The number of esters is 1. The zero-order valence-corrected chi connectivity index (χ0v) is 13.8. The third-order valence-electron chi connectivity index (χ3n) is 5.13. The van der Waals surface area contributed by atoms with Crippen LogP contribution < -0.4 is 4.74 Å². The molecule has 0 radical (unpaired) electrons. The molecule has 3 rings (SSSR count). The lowest BCUT2D eigenvalue weighted by Crippen LogP contribution is -2.22. The molecule has 1 heterocycles. The van der Waals surface area contributed by atoms with Gasteiger partial charge in [0.25, 0.3) is 0 Å². The van der Waals surface area contributed by atoms with Crippen molar-refractivity contribution in [3.8, 4) is 5.75 Å². The summed E-state index contributed by atoms with van der Waals surface area (Å²) in [5, 5.41) is 0. The quantitative estimate of drug-likeness (QED) is 0.633. The Morgan fingerprint density at radius 3 is 2.82 bits per heavy atom. The first-order chi connectivity index (χ1) is 10.5. The van der Waals surface area contributed by atoms with Crippen molar-refractivity contribution < 1.29 is 19.0 Å². The predicted molar refractivity (Wildman–Crippen MR) is 83.1 cm³/mol. The third-order valence-corrected chi connectivity index (χ3v) is 5.13. The second-order valence-corrected chi connectivity index (χ2v) is 6.40. The summed E-state index contributed by atoms with van der Waals surface area (Å²) in [7, 11) is 1.66. The van der Waals surface area contributed by atoms with E-state index in [0.29, 0.717) is 19.1 Å². The molecule has 4 nitrogen and oxygen atoms in total. The summed E-state index contributed by atoms with van der Waals surface area (Å²) in [5.41, 5.74) is 4.84. The molecule has 4 heteroatoms. The van der Waals surface area contributed by atoms with Crippen LogP contribution in [0.2, 0.25) is 0 Å². The number of ether oxygens (including phenoxy) is 3. The van der Waals surface area contributed by atoms with Gasteiger partial charge in [0.15, 0.2) is 0 Å². The molecule has 0 saturated carbocycles. The van der Waals surface area contributed by atoms with E-state index in [2.05, 4.69) is 19.9 Å². The predicted octanol–water partition coefficient (Wildman–Crippen LogP) is 3.13. The Morgan fingerprint density at radius 2 is 2.09 bits per heavy atom. The van der Waals surface area contributed by atoms with Gasteiger partial charge in [-0.15, -0.1) is 0 Å². The van der Waals surface area contributed by atoms with Crippen LogP contribution in [0.1, 0.15) is 41.7 Å². The highest BCUT2D eigenvalue weighted by Crippen LogP contribution is 2.49. The van der Waals surface area contributed by atoms with Gasteiger partial charge in [0.05, 0.1) is 12.5 Å². The van der Waals surface area contributed by atoms with E-state index in [-0.39, 0.29) is 18.0 Å². The highest BCUT2D eigenvalue weighted by molar-refractivity contribution is 5.76. The molecule has 1 aromatic rings. The number of hydrogen-bond donors (Lipinski definition) is 0. The summed E-state index contributed by atoms with van der Waals surface area (Å²) in [6.45, 7) is 7.26. The number of hydrogen-bond acceptors (Lipinski definition) is 4. The molecule has 22 heavy (non-hydrogen) atoms. The van der Waals surface area contributed by atoms with Gasteiger partial charge in [-0.2, -0.15) is 0 Å². The van der Waals surface area contributed by atoms with Gasteiger partial charge >= 0.3 is 5.97 Å². The van der Waals surface area contributed by atoms with Crippen molar-refractivity contribution in [2.75, 3.05) is 20.3 Å². The summed E-state index contributed by atoms with van der Waals surface area (Å²) < 4.78 is 16.6. The summed E-state index contributed by atoms with van der Waals surface area (Å²) in [6.07, 6.45) is 1.94. The number of benzene rings is 1. The average molecular weight is 304 g/mol. The zero-order valence-electron chi connectivity index (χ0n) is 13.8. The van der Waals surface area contributed by atoms with Crippen molar-refractivity contribution in [3.05, 3.63) is 28.3 Å². The van der Waals surface area contributed by atoms with E-state index in [0.717, 1.165) is 24.2 Å². The number of rotatable bonds is 4. The fourth-order valence-corrected chi connectivity index (χ4v) is 3.81. The summed E-state index contributed by atoms with van der Waals surface area (Å²) in [4.78, 5) is 12.0. The molecule has 1 fully saturated rings. The van der Waals surface area contributed by atoms with Gasteiger partial charge in [-0.25, -0.2) is 0 Å². The van der Waals surface area contributed by atoms with E-state index in [4.69, 9.17) is 14.2 Å². The molecule has 120 valence electrons. The maximum absolute atomic E-state index is 12.0. The SMILES string of the molecule is COCCOc1cc(C)c2c(c1C)[C@@H]1OC(=O)[C@@H](C)[C@H]1CC2. The highest BCUT2D eigenvalue weighted by atomic mass is 16.6. The van der Waals surface area contributed by atoms with E-state index in [9.17, 15) is 4.79 Å². The van der Waals surface area contributed by atoms with Crippen LogP contribution in [0.15, 0.2) is 6.07 Å². The fourth-order valence-electron chi connectivity index (χ4n) is 3.81. The molecule has 0 bridgehead atoms. The second-order valence-electron chi connectivity index (χ2n) is 6.40. The van der Waals surface area contributed by atoms with Crippen LogP contribution in [-0.2, 0) is 20.7 Å². The summed E-state index contributed by atoms with van der Waals surface area (Å²) >= 11 is 0. The smallest absolute Gasteiger partial charge is 0.309 e. The van der Waals surface area contributed by atoms with E-state index in [1.165, 1.54) is 16.7 Å². The summed E-state index contributed by atoms with van der Waals surface area (Å²) in [6, 6.07) is 2.10. The summed E-state index contributed by atoms with van der Waals surface area (Å²) in [5.74, 6) is 1.11. The first-order valence-electron chi connectivity index (χ1n) is 7.99. The van der Waals surface area contributed by atoms with Crippen LogP contribution in [0.4, 0.5) is 0 Å². The lowest BCUT2D eigenvalue weighted by atomic mass is 9.74. The first-order valence-corrected chi connectivity index (χ1v) is 7.99. The lowest BCUT2D eigenvalue weighted by Gasteiger charge is -2.31. The van der Waals surface area contributed by atoms with Crippen molar-refractivity contribution in [1.82, 2.24) is 0 Å². The first kappa shape index (κ1) is 15.3. The molecule has 0 unspecified atom stereocenters. The highest BCUT2D eigenvalue weighted by Gasteiger charge is 2.46. The zero-order chi connectivity index (χ0) is 15.9. The second kappa shape index (κ2) is 5.92. The van der Waals surface area contributed by atoms with Crippen molar-refractivity contribution >= 4 is 5.97 Å². The molecule has 1 aromatic carbocycles. The maximum Gasteiger partial charge on any atom is 0.309 e. The molecule has 2 aliphatic rings. The Kier molecular flexibility index (Phi) is 4.13. The van der Waals surface area contributed by atoms with Crippen LogP contribution in [0.25, 0.3) is 0 Å². The number of fused-ring (bicyclic) bond motifs is 3. The minimum atomic E-state index is -0.101. The molecule has 1 aliphatic carbocycles. The molecular formula is C18H24O4. The minimum Gasteiger partial charge on any atom is -0.491 e. The van der Waals surface area contributed by atoms with E-state index in [1.54, 1.807) is 7.11 Å². The van der Waals surface area contributed by atoms with E-state index in [1.807, 2.05) is 6.92 Å². The van der Waals surface area contributed by atoms with Crippen molar-refractivity contribution in [3.63, 3.8) is 0 Å². The van der Waals surface area contributed by atoms with Crippen LogP contribution in [-0.4, -0.2) is 26.3 Å². The van der Waals surface area contributed by atoms with E-state index < -0.39 is 0 Å². The van der Waals surface area contributed by atoms with Gasteiger partial charge in [-0.1, -0.05) is 6.92 Å². The largest absolute Gasteiger partial charge is 0.491 e. The monoisotopic (exact) mass is 304 g/mol. The Labute approximate surface area is 131 Å². The Morgan fingerprint density at radius 1 is 1.32 bits per heavy atom. The number of carbonyl (C=O) groups excluding carboxylic acids is 1. The normalized spacial score (nSPS) is 26.4. The fraction of sp³-hybridized carbons (Fsp3) is 0.611. The molecule has 1 aliphatic heterocycles. The maximum atomic E-state index is 12.0. The molecule has 1 saturated heterocycles. The van der Waals surface area contributed by atoms with Crippen LogP contribution in [0.5, 0.6) is 5.75 Å². The molecule has 0 amide bonds. The topological polar surface area (TPSA) is 44.8 Å². The van der Waals surface area contributed by atoms with Gasteiger partial charge in [-0.3, -0.25) is 4.79 Å². The standard InChI is InChI=1S/C18H24O4/c1-10-9-15(21-8-7-20-4)12(3)16-13(10)5-6-14-11(2)18(19)22-17(14)16/h9,11,14,17H,5-8H2,1-4H3/t11-,14+,17+/m0/s1. The van der Waals surface area contributed by atoms with Crippen molar-refractivity contribution in [2.24, 2.45) is 11.8 Å². The number of methoxy groups -OCH3 is 1. The van der Waals surface area contributed by atoms with Gasteiger partial charge in [-0.05, 0) is 49.4 Å². The molecular weight excluding hydrogens is 280 g/mol. The van der Waals surface area contributed by atoms with Gasteiger partial charge in [0.1, 0.15) is 18.5 Å². The Bertz CT molecular complexity index is 593. The Balaban J connectivity index is 1.99. The van der Waals surface area contributed by atoms with E-state index >= 15 is 0 Å². The van der Waals surface area contributed by atoms with Crippen molar-refractivity contribution in [2.45, 2.75) is 39.7 Å². The third kappa shape index (κ3) is 2.39. The van der Waals surface area contributed by atoms with Crippen LogP contribution in [0, 0.1) is 25.7 Å².